The average molecular weight is 221 g/mol. The third kappa shape index (κ3) is 2.99. The van der Waals surface area contributed by atoms with E-state index in [9.17, 15) is 4.79 Å². The third-order valence-corrected chi connectivity index (χ3v) is 2.67. The highest BCUT2D eigenvalue weighted by Gasteiger charge is 2.29. The first kappa shape index (κ1) is 12.6. The van der Waals surface area contributed by atoms with E-state index >= 15 is 0 Å². The van der Waals surface area contributed by atoms with Gasteiger partial charge in [0.2, 0.25) is 0 Å². The van der Waals surface area contributed by atoms with E-state index in [2.05, 4.69) is 18.1 Å². The van der Waals surface area contributed by atoms with Crippen molar-refractivity contribution in [3.05, 3.63) is 37.1 Å². The third-order valence-electron chi connectivity index (χ3n) is 2.67. The molecule has 1 aliphatic heterocycles. The second-order valence-electron chi connectivity index (χ2n) is 3.72. The zero-order valence-electron chi connectivity index (χ0n) is 9.82. The van der Waals surface area contributed by atoms with Gasteiger partial charge in [-0.15, -0.1) is 0 Å². The lowest BCUT2D eigenvalue weighted by Gasteiger charge is -2.18. The highest BCUT2D eigenvalue weighted by Crippen LogP contribution is 2.22. The summed E-state index contributed by atoms with van der Waals surface area (Å²) in [6.45, 7) is 11.3. The molecule has 0 radical (unpaired) electrons. The van der Waals surface area contributed by atoms with Crippen LogP contribution in [0.5, 0.6) is 0 Å². The van der Waals surface area contributed by atoms with Crippen LogP contribution in [0, 0.1) is 5.92 Å². The topological polar surface area (TPSA) is 29.5 Å². The molecular formula is C13H19NO2. The second-order valence-corrected chi connectivity index (χ2v) is 3.72. The van der Waals surface area contributed by atoms with Gasteiger partial charge < -0.3 is 9.64 Å². The van der Waals surface area contributed by atoms with Crippen LogP contribution in [0.2, 0.25) is 0 Å². The minimum absolute atomic E-state index is 0.00637. The number of carbonyl (C=O) groups excluding carboxylic acids is 1. The number of hydrogen-bond donors (Lipinski definition) is 0. The molecule has 88 valence electrons. The largest absolute Gasteiger partial charge is 0.466 e. The van der Waals surface area contributed by atoms with Gasteiger partial charge in [0, 0.05) is 18.8 Å². The number of rotatable bonds is 5. The van der Waals surface area contributed by atoms with E-state index < -0.39 is 0 Å². The molecule has 1 saturated heterocycles. The first-order chi connectivity index (χ1) is 7.72. The Morgan fingerprint density at radius 1 is 1.56 bits per heavy atom. The smallest absolute Gasteiger partial charge is 0.310 e. The van der Waals surface area contributed by atoms with Crippen molar-refractivity contribution in [2.45, 2.75) is 13.3 Å². The van der Waals surface area contributed by atoms with Crippen molar-refractivity contribution in [3.63, 3.8) is 0 Å². The quantitative estimate of drug-likeness (QED) is 0.526. The van der Waals surface area contributed by atoms with Crippen LogP contribution in [-0.2, 0) is 9.53 Å². The summed E-state index contributed by atoms with van der Waals surface area (Å²) < 4.78 is 5.02. The van der Waals surface area contributed by atoms with Gasteiger partial charge in [0.15, 0.2) is 0 Å². The van der Waals surface area contributed by atoms with Crippen molar-refractivity contribution in [1.29, 1.82) is 0 Å². The van der Waals surface area contributed by atoms with Gasteiger partial charge in [0.05, 0.1) is 12.5 Å². The Morgan fingerprint density at radius 2 is 2.31 bits per heavy atom. The van der Waals surface area contributed by atoms with E-state index in [1.807, 2.05) is 13.0 Å². The second kappa shape index (κ2) is 6.16. The molecule has 3 nitrogen and oxygen atoms in total. The molecule has 1 atom stereocenters. The van der Waals surface area contributed by atoms with E-state index in [-0.39, 0.29) is 11.9 Å². The fourth-order valence-electron chi connectivity index (χ4n) is 1.87. The summed E-state index contributed by atoms with van der Waals surface area (Å²) in [5, 5.41) is 0. The molecule has 1 rings (SSSR count). The molecule has 0 aromatic rings. The predicted molar refractivity (Wildman–Crippen MR) is 64.8 cm³/mol. The monoisotopic (exact) mass is 221 g/mol. The van der Waals surface area contributed by atoms with Crippen LogP contribution >= 0.6 is 0 Å². The van der Waals surface area contributed by atoms with Gasteiger partial charge >= 0.3 is 5.97 Å². The Balaban J connectivity index is 2.57. The molecule has 0 aromatic carbocycles. The molecule has 0 aromatic heterocycles. The van der Waals surface area contributed by atoms with Gasteiger partial charge in [-0.3, -0.25) is 4.79 Å². The number of ether oxygens (including phenoxy) is 1. The fraction of sp³-hybridized carbons (Fsp3) is 0.462. The summed E-state index contributed by atoms with van der Waals surface area (Å²) in [4.78, 5) is 13.7. The maximum Gasteiger partial charge on any atom is 0.310 e. The first-order valence-corrected chi connectivity index (χ1v) is 5.59. The molecule has 1 heterocycles. The highest BCUT2D eigenvalue weighted by molar-refractivity contribution is 5.73. The van der Waals surface area contributed by atoms with Crippen molar-refractivity contribution >= 4 is 5.97 Å². The lowest BCUT2D eigenvalue weighted by molar-refractivity contribution is -0.147. The van der Waals surface area contributed by atoms with Crippen molar-refractivity contribution in [2.24, 2.45) is 5.92 Å². The molecule has 16 heavy (non-hydrogen) atoms. The summed E-state index contributed by atoms with van der Waals surface area (Å²) >= 11 is 0. The van der Waals surface area contributed by atoms with Crippen molar-refractivity contribution in [2.75, 3.05) is 19.7 Å². The Hall–Kier alpha value is -1.51. The van der Waals surface area contributed by atoms with Crippen LogP contribution in [0.1, 0.15) is 13.3 Å². The van der Waals surface area contributed by atoms with Gasteiger partial charge in [-0.2, -0.15) is 0 Å². The standard InChI is InChI=1S/C13H19NO2/c1-4-7-12(5-2)14-9-8-11(10-14)13(15)16-6-3/h4-5,7,11H,1-2,6,8-10H2,3H3/b12-7+. The van der Waals surface area contributed by atoms with Crippen LogP contribution in [0.4, 0.5) is 0 Å². The number of hydrogen-bond acceptors (Lipinski definition) is 3. The number of nitrogens with zero attached hydrogens (tertiary/aromatic N) is 1. The van der Waals surface area contributed by atoms with E-state index in [1.54, 1.807) is 12.2 Å². The fourth-order valence-corrected chi connectivity index (χ4v) is 1.87. The SMILES string of the molecule is C=C/C=C(\C=C)N1CCC(C(=O)OCC)C1. The minimum Gasteiger partial charge on any atom is -0.466 e. The van der Waals surface area contributed by atoms with Crippen LogP contribution in [0.3, 0.4) is 0 Å². The van der Waals surface area contributed by atoms with Crippen molar-refractivity contribution in [1.82, 2.24) is 4.90 Å². The first-order valence-electron chi connectivity index (χ1n) is 5.59. The van der Waals surface area contributed by atoms with Crippen LogP contribution in [0.15, 0.2) is 37.1 Å². The molecule has 0 aliphatic carbocycles. The Labute approximate surface area is 97.1 Å². The maximum absolute atomic E-state index is 11.5. The van der Waals surface area contributed by atoms with E-state index in [4.69, 9.17) is 4.74 Å². The van der Waals surface area contributed by atoms with Gasteiger partial charge in [-0.05, 0) is 25.5 Å². The Bertz CT molecular complexity index is 307. The highest BCUT2D eigenvalue weighted by atomic mass is 16.5. The molecule has 3 heteroatoms. The zero-order chi connectivity index (χ0) is 12.0. The molecule has 1 fully saturated rings. The zero-order valence-corrected chi connectivity index (χ0v) is 9.82. The molecule has 0 spiro atoms. The van der Waals surface area contributed by atoms with Crippen LogP contribution < -0.4 is 0 Å². The number of esters is 1. The van der Waals surface area contributed by atoms with Crippen LogP contribution in [0.25, 0.3) is 0 Å². The lowest BCUT2D eigenvalue weighted by atomic mass is 10.1. The Kier molecular flexibility index (Phi) is 4.83. The molecule has 1 unspecified atom stereocenters. The summed E-state index contributed by atoms with van der Waals surface area (Å²) in [5.74, 6) is -0.0971. The predicted octanol–water partition coefficient (Wildman–Crippen LogP) is 2.13. The molecule has 0 saturated carbocycles. The van der Waals surface area contributed by atoms with Gasteiger partial charge in [0.1, 0.15) is 0 Å². The molecule has 0 bridgehead atoms. The Morgan fingerprint density at radius 3 is 2.88 bits per heavy atom. The average Bonchev–Trinajstić information content (AvgIpc) is 2.75. The van der Waals surface area contributed by atoms with E-state index in [1.165, 1.54) is 0 Å². The number of allylic oxidation sites excluding steroid dienone is 3. The van der Waals surface area contributed by atoms with Gasteiger partial charge in [-0.1, -0.05) is 19.2 Å². The van der Waals surface area contributed by atoms with Crippen molar-refractivity contribution < 1.29 is 9.53 Å². The summed E-state index contributed by atoms with van der Waals surface area (Å²) in [7, 11) is 0. The number of likely N-dealkylation sites (tertiary alicyclic amines) is 1. The summed E-state index contributed by atoms with van der Waals surface area (Å²) in [5.41, 5.74) is 1.02. The summed E-state index contributed by atoms with van der Waals surface area (Å²) in [6.07, 6.45) is 6.27. The van der Waals surface area contributed by atoms with Gasteiger partial charge in [0.25, 0.3) is 0 Å². The normalized spacial score (nSPS) is 20.7. The summed E-state index contributed by atoms with van der Waals surface area (Å²) in [6, 6.07) is 0. The molecular weight excluding hydrogens is 202 g/mol. The molecule has 1 aliphatic rings. The van der Waals surface area contributed by atoms with Gasteiger partial charge in [-0.25, -0.2) is 0 Å². The number of carbonyl (C=O) groups is 1. The maximum atomic E-state index is 11.5. The van der Waals surface area contributed by atoms with E-state index in [0.29, 0.717) is 13.2 Å². The molecule has 0 N–H and O–H groups in total. The van der Waals surface area contributed by atoms with E-state index in [0.717, 1.165) is 18.7 Å². The lowest BCUT2D eigenvalue weighted by Crippen LogP contribution is -2.23. The van der Waals surface area contributed by atoms with Crippen molar-refractivity contribution in [3.8, 4) is 0 Å². The minimum atomic E-state index is -0.0907. The molecule has 0 amide bonds. The van der Waals surface area contributed by atoms with Crippen LogP contribution in [-0.4, -0.2) is 30.6 Å².